The number of rotatable bonds is 3. The molecule has 0 spiro atoms. The lowest BCUT2D eigenvalue weighted by molar-refractivity contribution is -0.162. The summed E-state index contributed by atoms with van der Waals surface area (Å²) in [5, 5.41) is 0. The molecule has 0 aliphatic carbocycles. The Morgan fingerprint density at radius 2 is 2.00 bits per heavy atom. The van der Waals surface area contributed by atoms with Gasteiger partial charge in [0.25, 0.3) is 0 Å². The maximum Gasteiger partial charge on any atom is 0.347 e. The fourth-order valence-corrected chi connectivity index (χ4v) is 1.64. The van der Waals surface area contributed by atoms with Crippen molar-refractivity contribution in [3.63, 3.8) is 0 Å². The van der Waals surface area contributed by atoms with E-state index in [1.165, 1.54) is 18.2 Å². The van der Waals surface area contributed by atoms with Crippen molar-refractivity contribution in [3.05, 3.63) is 28.5 Å². The molecule has 1 aromatic carbocycles. The van der Waals surface area contributed by atoms with Gasteiger partial charge in [0.2, 0.25) is 0 Å². The summed E-state index contributed by atoms with van der Waals surface area (Å²) in [6.07, 6.45) is -0.758. The minimum absolute atomic E-state index is 0.376. The van der Waals surface area contributed by atoms with Crippen molar-refractivity contribution < 1.29 is 18.7 Å². The molecular formula is C13H16BrFO3. The van der Waals surface area contributed by atoms with Crippen molar-refractivity contribution in [2.24, 2.45) is 0 Å². The first-order valence-corrected chi connectivity index (χ1v) is 6.33. The first kappa shape index (κ1) is 15.0. The van der Waals surface area contributed by atoms with Crippen molar-refractivity contribution in [1.29, 1.82) is 0 Å². The van der Waals surface area contributed by atoms with Crippen LogP contribution in [0.25, 0.3) is 0 Å². The molecule has 0 aliphatic rings. The van der Waals surface area contributed by atoms with Gasteiger partial charge in [0.1, 0.15) is 17.2 Å². The molecule has 3 nitrogen and oxygen atoms in total. The first-order chi connectivity index (χ1) is 8.19. The molecule has 0 heterocycles. The molecule has 18 heavy (non-hydrogen) atoms. The van der Waals surface area contributed by atoms with Crippen LogP contribution in [-0.2, 0) is 9.53 Å². The fraction of sp³-hybridized carbons (Fsp3) is 0.462. The highest BCUT2D eigenvalue weighted by Crippen LogP contribution is 2.26. The molecular weight excluding hydrogens is 303 g/mol. The van der Waals surface area contributed by atoms with Crippen LogP contribution in [0.4, 0.5) is 4.39 Å². The van der Waals surface area contributed by atoms with Gasteiger partial charge >= 0.3 is 5.97 Å². The van der Waals surface area contributed by atoms with Crippen LogP contribution < -0.4 is 4.74 Å². The van der Waals surface area contributed by atoms with Crippen molar-refractivity contribution >= 4 is 21.9 Å². The van der Waals surface area contributed by atoms with E-state index in [-0.39, 0.29) is 5.82 Å². The molecule has 0 bridgehead atoms. The second-order valence-electron chi connectivity index (χ2n) is 4.87. The van der Waals surface area contributed by atoms with Crippen LogP contribution in [0.3, 0.4) is 0 Å². The Balaban J connectivity index is 2.69. The van der Waals surface area contributed by atoms with Gasteiger partial charge in [0, 0.05) is 0 Å². The average molecular weight is 319 g/mol. The summed E-state index contributed by atoms with van der Waals surface area (Å²) in [6, 6.07) is 4.00. The molecule has 1 aromatic rings. The van der Waals surface area contributed by atoms with Gasteiger partial charge in [-0.1, -0.05) is 0 Å². The second kappa shape index (κ2) is 5.69. The zero-order valence-corrected chi connectivity index (χ0v) is 12.4. The Morgan fingerprint density at radius 1 is 1.39 bits per heavy atom. The third kappa shape index (κ3) is 4.64. The number of carbonyl (C=O) groups excluding carboxylic acids is 1. The first-order valence-electron chi connectivity index (χ1n) is 5.53. The number of esters is 1. The van der Waals surface area contributed by atoms with Crippen LogP contribution in [0.2, 0.25) is 0 Å². The van der Waals surface area contributed by atoms with E-state index < -0.39 is 17.7 Å². The fourth-order valence-electron chi connectivity index (χ4n) is 1.19. The van der Waals surface area contributed by atoms with Gasteiger partial charge in [0.05, 0.1) is 4.47 Å². The number of halogens is 2. The highest BCUT2D eigenvalue weighted by molar-refractivity contribution is 9.10. The predicted octanol–water partition coefficient (Wildman–Crippen LogP) is 3.70. The van der Waals surface area contributed by atoms with Gasteiger partial charge in [0.15, 0.2) is 6.10 Å². The van der Waals surface area contributed by atoms with Gasteiger partial charge in [-0.2, -0.15) is 0 Å². The highest BCUT2D eigenvalue weighted by Gasteiger charge is 2.23. The van der Waals surface area contributed by atoms with Gasteiger partial charge < -0.3 is 9.47 Å². The zero-order valence-electron chi connectivity index (χ0n) is 10.8. The monoisotopic (exact) mass is 318 g/mol. The largest absolute Gasteiger partial charge is 0.478 e. The van der Waals surface area contributed by atoms with Crippen molar-refractivity contribution in [2.45, 2.75) is 39.4 Å². The normalized spacial score (nSPS) is 13.0. The third-order valence-electron chi connectivity index (χ3n) is 1.94. The standard InChI is InChI=1S/C13H16BrFO3/c1-8(12(16)18-13(2,3)4)17-11-6-5-9(15)7-10(11)14/h5-8H,1-4H3. The molecule has 0 N–H and O–H groups in total. The van der Waals surface area contributed by atoms with Crippen molar-refractivity contribution in [1.82, 2.24) is 0 Å². The number of benzene rings is 1. The minimum Gasteiger partial charge on any atom is -0.478 e. The molecule has 100 valence electrons. The smallest absolute Gasteiger partial charge is 0.347 e. The maximum absolute atomic E-state index is 12.9. The summed E-state index contributed by atoms with van der Waals surface area (Å²) in [4.78, 5) is 11.7. The van der Waals surface area contributed by atoms with E-state index in [1.807, 2.05) is 0 Å². The van der Waals surface area contributed by atoms with Crippen LogP contribution in [0, 0.1) is 5.82 Å². The Kier molecular flexibility index (Phi) is 4.73. The average Bonchev–Trinajstić information content (AvgIpc) is 2.19. The predicted molar refractivity (Wildman–Crippen MR) is 70.0 cm³/mol. The molecule has 0 aliphatic heterocycles. The van der Waals surface area contributed by atoms with Crippen molar-refractivity contribution in [2.75, 3.05) is 0 Å². The van der Waals surface area contributed by atoms with Gasteiger partial charge in [-0.15, -0.1) is 0 Å². The Labute approximate surface area is 114 Å². The van der Waals surface area contributed by atoms with E-state index >= 15 is 0 Å². The quantitative estimate of drug-likeness (QED) is 0.797. The number of hydrogen-bond donors (Lipinski definition) is 0. The van der Waals surface area contributed by atoms with Crippen LogP contribution in [-0.4, -0.2) is 17.7 Å². The van der Waals surface area contributed by atoms with E-state index in [1.54, 1.807) is 27.7 Å². The van der Waals surface area contributed by atoms with Gasteiger partial charge in [-0.25, -0.2) is 9.18 Å². The molecule has 5 heteroatoms. The van der Waals surface area contributed by atoms with E-state index in [0.717, 1.165) is 0 Å². The Hall–Kier alpha value is -1.10. The second-order valence-corrected chi connectivity index (χ2v) is 5.72. The summed E-state index contributed by atoms with van der Waals surface area (Å²) in [5.74, 6) is -0.437. The summed E-state index contributed by atoms with van der Waals surface area (Å²) in [6.45, 7) is 6.94. The lowest BCUT2D eigenvalue weighted by Gasteiger charge is -2.22. The molecule has 1 rings (SSSR count). The molecule has 0 aromatic heterocycles. The van der Waals surface area contributed by atoms with E-state index in [2.05, 4.69) is 15.9 Å². The number of ether oxygens (including phenoxy) is 2. The van der Waals surface area contributed by atoms with Crippen molar-refractivity contribution in [3.8, 4) is 5.75 Å². The molecule has 1 atom stereocenters. The van der Waals surface area contributed by atoms with Crippen LogP contribution >= 0.6 is 15.9 Å². The summed E-state index contributed by atoms with van der Waals surface area (Å²) in [7, 11) is 0. The molecule has 1 unspecified atom stereocenters. The topological polar surface area (TPSA) is 35.5 Å². The molecule has 0 radical (unpaired) electrons. The number of hydrogen-bond acceptors (Lipinski definition) is 3. The maximum atomic E-state index is 12.9. The van der Waals surface area contributed by atoms with Crippen LogP contribution in [0.15, 0.2) is 22.7 Å². The lowest BCUT2D eigenvalue weighted by Crippen LogP contribution is -2.33. The Bertz CT molecular complexity index is 440. The highest BCUT2D eigenvalue weighted by atomic mass is 79.9. The lowest BCUT2D eigenvalue weighted by atomic mass is 10.2. The summed E-state index contributed by atoms with van der Waals surface area (Å²) >= 11 is 3.17. The molecule has 0 saturated carbocycles. The van der Waals surface area contributed by atoms with Crippen LogP contribution in [0.1, 0.15) is 27.7 Å². The Morgan fingerprint density at radius 3 is 2.50 bits per heavy atom. The van der Waals surface area contributed by atoms with E-state index in [4.69, 9.17) is 9.47 Å². The van der Waals surface area contributed by atoms with Crippen LogP contribution in [0.5, 0.6) is 5.75 Å². The molecule has 0 saturated heterocycles. The summed E-state index contributed by atoms with van der Waals surface area (Å²) < 4.78 is 23.9. The van der Waals surface area contributed by atoms with Gasteiger partial charge in [-0.3, -0.25) is 0 Å². The van der Waals surface area contributed by atoms with Gasteiger partial charge in [-0.05, 0) is 61.8 Å². The minimum atomic E-state index is -0.758. The van der Waals surface area contributed by atoms with E-state index in [9.17, 15) is 9.18 Å². The SMILES string of the molecule is CC(Oc1ccc(F)cc1Br)C(=O)OC(C)(C)C. The molecule has 0 amide bonds. The zero-order chi connectivity index (χ0) is 13.9. The molecule has 0 fully saturated rings. The number of carbonyl (C=O) groups is 1. The summed E-state index contributed by atoms with van der Waals surface area (Å²) in [5.41, 5.74) is -0.561. The van der Waals surface area contributed by atoms with E-state index in [0.29, 0.717) is 10.2 Å². The third-order valence-corrected chi connectivity index (χ3v) is 2.56.